The molecule has 172 valence electrons. The number of methoxy groups -OCH3 is 2. The predicted molar refractivity (Wildman–Crippen MR) is 129 cm³/mol. The molecule has 9 nitrogen and oxygen atoms in total. The summed E-state index contributed by atoms with van der Waals surface area (Å²) in [5.74, 6) is 0.0952. The highest BCUT2D eigenvalue weighted by molar-refractivity contribution is 8.26. The van der Waals surface area contributed by atoms with Crippen molar-refractivity contribution < 1.29 is 23.9 Å². The molecule has 0 spiro atoms. The number of nitrogens with zero attached hydrogens (tertiary/aromatic N) is 2. The smallest absolute Gasteiger partial charge is 0.271 e. The summed E-state index contributed by atoms with van der Waals surface area (Å²) < 4.78 is 11.0. The second-order valence-corrected chi connectivity index (χ2v) is 8.47. The fraction of sp³-hybridized carbons (Fsp3) is 0.227. The maximum Gasteiger partial charge on any atom is 0.271 e. The SMILES string of the molecule is COc1ccc(C=C2SC(=S)N(CCCC(=O)NNC(=O)c3cccnc3)C2=O)cc1OC. The number of benzene rings is 1. The molecule has 1 aromatic carbocycles. The maximum atomic E-state index is 12.8. The number of hydrazine groups is 1. The van der Waals surface area contributed by atoms with Gasteiger partial charge in [0.1, 0.15) is 4.32 Å². The van der Waals surface area contributed by atoms with Gasteiger partial charge in [0.25, 0.3) is 11.8 Å². The molecule has 3 amide bonds. The molecule has 2 aromatic rings. The number of thiocarbonyl (C=S) groups is 1. The Morgan fingerprint density at radius 3 is 2.67 bits per heavy atom. The number of nitrogens with one attached hydrogen (secondary N) is 2. The zero-order valence-corrected chi connectivity index (χ0v) is 19.6. The van der Waals surface area contributed by atoms with Crippen LogP contribution >= 0.6 is 24.0 Å². The predicted octanol–water partition coefficient (Wildman–Crippen LogP) is 2.54. The lowest BCUT2D eigenvalue weighted by molar-refractivity contribution is -0.124. The molecule has 11 heteroatoms. The van der Waals surface area contributed by atoms with E-state index in [0.29, 0.717) is 32.7 Å². The average molecular weight is 487 g/mol. The van der Waals surface area contributed by atoms with Gasteiger partial charge in [-0.1, -0.05) is 30.0 Å². The normalized spacial score (nSPS) is 14.4. The van der Waals surface area contributed by atoms with Crippen LogP contribution in [0.3, 0.4) is 0 Å². The van der Waals surface area contributed by atoms with E-state index in [-0.39, 0.29) is 24.8 Å². The van der Waals surface area contributed by atoms with Crippen molar-refractivity contribution in [3.05, 3.63) is 58.8 Å². The van der Waals surface area contributed by atoms with E-state index in [9.17, 15) is 14.4 Å². The van der Waals surface area contributed by atoms with Gasteiger partial charge in [-0.3, -0.25) is 35.1 Å². The van der Waals surface area contributed by atoms with Crippen LogP contribution in [0.2, 0.25) is 0 Å². The van der Waals surface area contributed by atoms with E-state index in [1.165, 1.54) is 22.9 Å². The molecule has 2 heterocycles. The van der Waals surface area contributed by atoms with Gasteiger partial charge in [0.2, 0.25) is 5.91 Å². The van der Waals surface area contributed by atoms with Crippen LogP contribution < -0.4 is 20.3 Å². The average Bonchev–Trinajstić information content (AvgIpc) is 3.10. The molecule has 3 rings (SSSR count). The van der Waals surface area contributed by atoms with Gasteiger partial charge in [-0.05, 0) is 42.3 Å². The molecule has 0 bridgehead atoms. The Morgan fingerprint density at radius 2 is 1.97 bits per heavy atom. The van der Waals surface area contributed by atoms with Gasteiger partial charge in [-0.2, -0.15) is 0 Å². The molecule has 1 saturated heterocycles. The lowest BCUT2D eigenvalue weighted by Crippen LogP contribution is -2.42. The third-order valence-corrected chi connectivity index (χ3v) is 5.98. The van der Waals surface area contributed by atoms with Crippen molar-refractivity contribution in [1.82, 2.24) is 20.7 Å². The van der Waals surface area contributed by atoms with Gasteiger partial charge in [-0.15, -0.1) is 0 Å². The van der Waals surface area contributed by atoms with Gasteiger partial charge in [0.05, 0.1) is 24.7 Å². The first-order valence-corrected chi connectivity index (χ1v) is 11.1. The van der Waals surface area contributed by atoms with Crippen LogP contribution in [0.4, 0.5) is 0 Å². The number of thioether (sulfide) groups is 1. The van der Waals surface area contributed by atoms with E-state index in [2.05, 4.69) is 15.8 Å². The number of aromatic nitrogens is 1. The van der Waals surface area contributed by atoms with Gasteiger partial charge in [-0.25, -0.2) is 0 Å². The van der Waals surface area contributed by atoms with Crippen molar-refractivity contribution >= 4 is 52.1 Å². The van der Waals surface area contributed by atoms with Gasteiger partial charge in [0.15, 0.2) is 11.5 Å². The van der Waals surface area contributed by atoms with Crippen LogP contribution in [0.5, 0.6) is 11.5 Å². The fourth-order valence-electron chi connectivity index (χ4n) is 2.94. The van der Waals surface area contributed by atoms with Crippen LogP contribution in [-0.4, -0.2) is 52.7 Å². The molecule has 1 aromatic heterocycles. The minimum absolute atomic E-state index is 0.110. The Kier molecular flexibility index (Phi) is 8.39. The third-order valence-electron chi connectivity index (χ3n) is 4.60. The molecule has 1 fully saturated rings. The fourth-order valence-corrected chi connectivity index (χ4v) is 4.25. The third kappa shape index (κ3) is 6.30. The first kappa shape index (κ1) is 24.2. The van der Waals surface area contributed by atoms with Crippen molar-refractivity contribution in [3.63, 3.8) is 0 Å². The van der Waals surface area contributed by atoms with Crippen LogP contribution in [0.1, 0.15) is 28.8 Å². The number of hydrogen-bond donors (Lipinski definition) is 2. The Labute approximate surface area is 200 Å². The summed E-state index contributed by atoms with van der Waals surface area (Å²) in [5, 5.41) is 0. The summed E-state index contributed by atoms with van der Waals surface area (Å²) in [5.41, 5.74) is 5.78. The largest absolute Gasteiger partial charge is 0.493 e. The Morgan fingerprint density at radius 1 is 1.18 bits per heavy atom. The van der Waals surface area contributed by atoms with Crippen LogP contribution in [0, 0.1) is 0 Å². The van der Waals surface area contributed by atoms with Crippen molar-refractivity contribution in [3.8, 4) is 11.5 Å². The van der Waals surface area contributed by atoms with Crippen molar-refractivity contribution in [2.24, 2.45) is 0 Å². The summed E-state index contributed by atoms with van der Waals surface area (Å²) >= 11 is 6.54. The molecule has 0 unspecified atom stereocenters. The zero-order chi connectivity index (χ0) is 23.8. The molecule has 0 atom stereocenters. The number of pyridine rings is 1. The monoisotopic (exact) mass is 486 g/mol. The number of amides is 3. The lowest BCUT2D eigenvalue weighted by atomic mass is 10.2. The second kappa shape index (κ2) is 11.4. The zero-order valence-electron chi connectivity index (χ0n) is 18.0. The first-order chi connectivity index (χ1) is 15.9. The number of carbonyl (C=O) groups excluding carboxylic acids is 3. The summed E-state index contributed by atoms with van der Waals surface area (Å²) in [6, 6.07) is 8.56. The highest BCUT2D eigenvalue weighted by Crippen LogP contribution is 2.34. The molecule has 0 saturated carbocycles. The van der Waals surface area contributed by atoms with Gasteiger partial charge >= 0.3 is 0 Å². The van der Waals surface area contributed by atoms with Crippen LogP contribution in [0.15, 0.2) is 47.6 Å². The van der Waals surface area contributed by atoms with E-state index in [1.54, 1.807) is 50.8 Å². The molecular formula is C22H22N4O5S2. The van der Waals surface area contributed by atoms with E-state index in [4.69, 9.17) is 21.7 Å². The second-order valence-electron chi connectivity index (χ2n) is 6.80. The molecule has 1 aliphatic heterocycles. The molecule has 33 heavy (non-hydrogen) atoms. The van der Waals surface area contributed by atoms with Gasteiger partial charge in [0, 0.05) is 25.4 Å². The minimum atomic E-state index is -0.464. The molecule has 1 aliphatic rings. The number of hydrogen-bond acceptors (Lipinski definition) is 8. The van der Waals surface area contributed by atoms with Crippen molar-refractivity contribution in [1.29, 1.82) is 0 Å². The summed E-state index contributed by atoms with van der Waals surface area (Å²) in [6.07, 6.45) is 5.17. The van der Waals surface area contributed by atoms with Crippen LogP contribution in [-0.2, 0) is 9.59 Å². The Balaban J connectivity index is 1.50. The van der Waals surface area contributed by atoms with Gasteiger partial charge < -0.3 is 9.47 Å². The highest BCUT2D eigenvalue weighted by Gasteiger charge is 2.31. The topological polar surface area (TPSA) is 110 Å². The quantitative estimate of drug-likeness (QED) is 0.333. The lowest BCUT2D eigenvalue weighted by Gasteiger charge is -2.14. The number of ether oxygens (including phenoxy) is 2. The maximum absolute atomic E-state index is 12.8. The van der Waals surface area contributed by atoms with E-state index in [1.807, 2.05) is 6.07 Å². The number of rotatable bonds is 8. The summed E-state index contributed by atoms with van der Waals surface area (Å²) in [4.78, 5) is 42.5. The Hall–Kier alpha value is -3.44. The summed E-state index contributed by atoms with van der Waals surface area (Å²) in [7, 11) is 3.10. The van der Waals surface area contributed by atoms with Crippen molar-refractivity contribution in [2.75, 3.05) is 20.8 Å². The van der Waals surface area contributed by atoms with Crippen LogP contribution in [0.25, 0.3) is 6.08 Å². The first-order valence-electron chi connectivity index (χ1n) is 9.89. The standard InChI is InChI=1S/C22H22N4O5S2/c1-30-16-8-7-14(11-17(16)31-2)12-18-21(29)26(22(32)33-18)10-4-6-19(27)24-25-20(28)15-5-3-9-23-13-15/h3,5,7-9,11-13H,4,6,10H2,1-2H3,(H,24,27)(H,25,28). The highest BCUT2D eigenvalue weighted by atomic mass is 32.2. The summed E-state index contributed by atoms with van der Waals surface area (Å²) in [6.45, 7) is 0.290. The molecule has 2 N–H and O–H groups in total. The number of carbonyl (C=O) groups is 3. The van der Waals surface area contributed by atoms with E-state index in [0.717, 1.165) is 5.56 Å². The minimum Gasteiger partial charge on any atom is -0.493 e. The van der Waals surface area contributed by atoms with E-state index < -0.39 is 5.91 Å². The molecule has 0 aliphatic carbocycles. The van der Waals surface area contributed by atoms with Crippen molar-refractivity contribution in [2.45, 2.75) is 12.8 Å². The molecule has 0 radical (unpaired) electrons. The van der Waals surface area contributed by atoms with E-state index >= 15 is 0 Å². The molecular weight excluding hydrogens is 464 g/mol. The Bertz CT molecular complexity index is 1090.